The van der Waals surface area contributed by atoms with E-state index in [0.29, 0.717) is 11.7 Å². The van der Waals surface area contributed by atoms with Gasteiger partial charge in [-0.15, -0.1) is 14.8 Å². The number of aryl methyl sites for hydroxylation is 2. The normalized spacial score (nSPS) is 17.5. The highest BCUT2D eigenvalue weighted by atomic mass is 16.5. The van der Waals surface area contributed by atoms with E-state index in [-0.39, 0.29) is 6.04 Å². The summed E-state index contributed by atoms with van der Waals surface area (Å²) >= 11 is 0. The highest BCUT2D eigenvalue weighted by molar-refractivity contribution is 5.45. The first-order chi connectivity index (χ1) is 11.6. The van der Waals surface area contributed by atoms with Gasteiger partial charge in [0.05, 0.1) is 6.04 Å². The Kier molecular flexibility index (Phi) is 3.64. The third-order valence-corrected chi connectivity index (χ3v) is 4.39. The van der Waals surface area contributed by atoms with Crippen molar-refractivity contribution in [2.75, 3.05) is 31.1 Å². The molecule has 3 aromatic heterocycles. The second kappa shape index (κ2) is 5.82. The number of rotatable bonds is 3. The van der Waals surface area contributed by atoms with Crippen molar-refractivity contribution < 1.29 is 4.52 Å². The number of hydrogen-bond donors (Lipinski definition) is 0. The summed E-state index contributed by atoms with van der Waals surface area (Å²) in [5, 5.41) is 12.7. The fraction of sp³-hybridized carbons (Fsp3) is 0.533. The summed E-state index contributed by atoms with van der Waals surface area (Å²) in [6, 6.07) is 4.09. The summed E-state index contributed by atoms with van der Waals surface area (Å²) in [6.45, 7) is 9.43. The molecule has 126 valence electrons. The van der Waals surface area contributed by atoms with Gasteiger partial charge in [-0.25, -0.2) is 4.98 Å². The summed E-state index contributed by atoms with van der Waals surface area (Å²) in [5.41, 5.74) is 0.773. The Hall–Kier alpha value is -2.55. The third-order valence-electron chi connectivity index (χ3n) is 4.39. The molecule has 1 aliphatic heterocycles. The molecule has 9 nitrogen and oxygen atoms in total. The molecule has 1 fully saturated rings. The van der Waals surface area contributed by atoms with Gasteiger partial charge in [0.15, 0.2) is 17.3 Å². The first-order valence-electron chi connectivity index (χ1n) is 8.10. The lowest BCUT2D eigenvalue weighted by molar-refractivity contribution is 0.164. The average Bonchev–Trinajstić information content (AvgIpc) is 3.18. The van der Waals surface area contributed by atoms with Crippen molar-refractivity contribution in [3.05, 3.63) is 29.7 Å². The fourth-order valence-electron chi connectivity index (χ4n) is 3.02. The SMILES string of the molecule is Cc1noc(C(C)N2CCN(c3ccc4nc(C)nn4n3)CC2)n1. The highest BCUT2D eigenvalue weighted by Crippen LogP contribution is 2.22. The predicted molar refractivity (Wildman–Crippen MR) is 86.8 cm³/mol. The maximum atomic E-state index is 5.29. The Morgan fingerprint density at radius 2 is 1.79 bits per heavy atom. The zero-order valence-electron chi connectivity index (χ0n) is 14.0. The quantitative estimate of drug-likeness (QED) is 0.704. The molecule has 1 unspecified atom stereocenters. The van der Waals surface area contributed by atoms with Crippen LogP contribution < -0.4 is 4.90 Å². The lowest BCUT2D eigenvalue weighted by atomic mass is 10.2. The van der Waals surface area contributed by atoms with E-state index < -0.39 is 0 Å². The van der Waals surface area contributed by atoms with Crippen LogP contribution in [-0.4, -0.2) is 61.0 Å². The highest BCUT2D eigenvalue weighted by Gasteiger charge is 2.26. The summed E-state index contributed by atoms with van der Waals surface area (Å²) in [5.74, 6) is 3.01. The van der Waals surface area contributed by atoms with Gasteiger partial charge in [0, 0.05) is 26.2 Å². The second-order valence-electron chi connectivity index (χ2n) is 6.08. The lowest BCUT2D eigenvalue weighted by Gasteiger charge is -2.37. The largest absolute Gasteiger partial charge is 0.353 e. The molecule has 0 radical (unpaired) electrons. The molecular formula is C15H20N8O. The van der Waals surface area contributed by atoms with E-state index in [2.05, 4.69) is 42.0 Å². The van der Waals surface area contributed by atoms with Gasteiger partial charge >= 0.3 is 0 Å². The van der Waals surface area contributed by atoms with Gasteiger partial charge in [-0.3, -0.25) is 4.90 Å². The molecule has 1 atom stereocenters. The van der Waals surface area contributed by atoms with Crippen LogP contribution in [0, 0.1) is 13.8 Å². The summed E-state index contributed by atoms with van der Waals surface area (Å²) in [4.78, 5) is 13.3. The van der Waals surface area contributed by atoms with E-state index in [1.165, 1.54) is 0 Å². The van der Waals surface area contributed by atoms with E-state index in [1.54, 1.807) is 4.63 Å². The van der Waals surface area contributed by atoms with Crippen molar-refractivity contribution in [1.82, 2.24) is 34.9 Å². The topological polar surface area (TPSA) is 88.5 Å². The Bertz CT molecular complexity index is 848. The number of fused-ring (bicyclic) bond motifs is 1. The summed E-state index contributed by atoms with van der Waals surface area (Å²) in [7, 11) is 0. The molecule has 0 spiro atoms. The molecule has 0 aliphatic carbocycles. The molecule has 0 saturated carbocycles. The van der Waals surface area contributed by atoms with Crippen molar-refractivity contribution in [2.24, 2.45) is 0 Å². The zero-order chi connectivity index (χ0) is 16.7. The molecule has 0 N–H and O–H groups in total. The standard InChI is InChI=1S/C15H20N8O/c1-10(15-17-12(3)20-24-15)21-6-8-22(9-7-21)14-5-4-13-16-11(2)18-23(13)19-14/h4-5,10H,6-9H2,1-3H3. The second-order valence-corrected chi connectivity index (χ2v) is 6.08. The molecule has 1 aliphatic rings. The molecule has 3 aromatic rings. The minimum absolute atomic E-state index is 0.127. The Balaban J connectivity index is 1.44. The van der Waals surface area contributed by atoms with Crippen molar-refractivity contribution in [1.29, 1.82) is 0 Å². The third kappa shape index (κ3) is 2.71. The first-order valence-corrected chi connectivity index (χ1v) is 8.10. The van der Waals surface area contributed by atoms with E-state index in [0.717, 1.165) is 43.5 Å². The molecule has 0 amide bonds. The average molecular weight is 328 g/mol. The fourth-order valence-corrected chi connectivity index (χ4v) is 3.02. The Morgan fingerprint density at radius 1 is 1.00 bits per heavy atom. The van der Waals surface area contributed by atoms with Gasteiger partial charge in [-0.05, 0) is 32.9 Å². The maximum absolute atomic E-state index is 5.29. The van der Waals surface area contributed by atoms with Gasteiger partial charge in [0.2, 0.25) is 5.89 Å². The zero-order valence-corrected chi connectivity index (χ0v) is 14.0. The van der Waals surface area contributed by atoms with Crippen LogP contribution >= 0.6 is 0 Å². The van der Waals surface area contributed by atoms with Crippen LogP contribution in [0.25, 0.3) is 5.65 Å². The van der Waals surface area contributed by atoms with Crippen molar-refractivity contribution >= 4 is 11.5 Å². The van der Waals surface area contributed by atoms with Crippen LogP contribution in [0.15, 0.2) is 16.7 Å². The van der Waals surface area contributed by atoms with Gasteiger partial charge in [0.1, 0.15) is 5.82 Å². The van der Waals surface area contributed by atoms with Crippen LogP contribution in [0.4, 0.5) is 5.82 Å². The number of hydrogen-bond acceptors (Lipinski definition) is 8. The molecule has 0 aromatic carbocycles. The molecular weight excluding hydrogens is 308 g/mol. The van der Waals surface area contributed by atoms with Crippen molar-refractivity contribution in [3.63, 3.8) is 0 Å². The molecule has 24 heavy (non-hydrogen) atoms. The van der Waals surface area contributed by atoms with E-state index in [1.807, 2.05) is 26.0 Å². The Morgan fingerprint density at radius 3 is 2.50 bits per heavy atom. The summed E-state index contributed by atoms with van der Waals surface area (Å²) < 4.78 is 6.89. The lowest BCUT2D eigenvalue weighted by Crippen LogP contribution is -2.47. The first kappa shape index (κ1) is 15.0. The van der Waals surface area contributed by atoms with Gasteiger partial charge < -0.3 is 9.42 Å². The van der Waals surface area contributed by atoms with Crippen LogP contribution in [0.5, 0.6) is 0 Å². The van der Waals surface area contributed by atoms with Gasteiger partial charge in [-0.1, -0.05) is 5.16 Å². The van der Waals surface area contributed by atoms with Crippen LogP contribution in [0.3, 0.4) is 0 Å². The molecule has 0 bridgehead atoms. The molecule has 4 heterocycles. The Labute approximate surface area is 139 Å². The van der Waals surface area contributed by atoms with E-state index in [4.69, 9.17) is 4.52 Å². The monoisotopic (exact) mass is 328 g/mol. The minimum atomic E-state index is 0.127. The number of aromatic nitrogens is 6. The van der Waals surface area contributed by atoms with Crippen molar-refractivity contribution in [2.45, 2.75) is 26.8 Å². The number of anilines is 1. The molecule has 4 rings (SSSR count). The van der Waals surface area contributed by atoms with Gasteiger partial charge in [-0.2, -0.15) is 4.98 Å². The molecule has 9 heteroatoms. The molecule has 1 saturated heterocycles. The predicted octanol–water partition coefficient (Wildman–Crippen LogP) is 1.01. The van der Waals surface area contributed by atoms with Crippen LogP contribution in [0.2, 0.25) is 0 Å². The van der Waals surface area contributed by atoms with E-state index in [9.17, 15) is 0 Å². The number of piperazine rings is 1. The summed E-state index contributed by atoms with van der Waals surface area (Å²) in [6.07, 6.45) is 0. The minimum Gasteiger partial charge on any atom is -0.353 e. The van der Waals surface area contributed by atoms with Crippen LogP contribution in [0.1, 0.15) is 30.5 Å². The maximum Gasteiger partial charge on any atom is 0.243 e. The number of nitrogens with zero attached hydrogens (tertiary/aromatic N) is 8. The van der Waals surface area contributed by atoms with Crippen molar-refractivity contribution in [3.8, 4) is 0 Å². The van der Waals surface area contributed by atoms with E-state index >= 15 is 0 Å². The smallest absolute Gasteiger partial charge is 0.243 e. The van der Waals surface area contributed by atoms with Gasteiger partial charge in [0.25, 0.3) is 0 Å². The van der Waals surface area contributed by atoms with Crippen LogP contribution in [-0.2, 0) is 0 Å².